The highest BCUT2D eigenvalue weighted by atomic mass is 32.2. The number of ether oxygens (including phenoxy) is 2. The van der Waals surface area contributed by atoms with Gasteiger partial charge in [-0.05, 0) is 82.0 Å². The summed E-state index contributed by atoms with van der Waals surface area (Å²) >= 11 is 1.12. The zero-order chi connectivity index (χ0) is 35.5. The molecule has 0 spiro atoms. The summed E-state index contributed by atoms with van der Waals surface area (Å²) in [5.41, 5.74) is 6.61. The fourth-order valence-corrected chi connectivity index (χ4v) is 7.11. The smallest absolute Gasteiger partial charge is 0.306 e. The molecule has 1 saturated heterocycles. The predicted molar refractivity (Wildman–Crippen MR) is 179 cm³/mol. The molecule has 9 nitrogen and oxygen atoms in total. The number of piperidine rings is 1. The zero-order valence-electron chi connectivity index (χ0n) is 27.4. The van der Waals surface area contributed by atoms with Gasteiger partial charge in [-0.2, -0.15) is 0 Å². The summed E-state index contributed by atoms with van der Waals surface area (Å²) in [4.78, 5) is 44.2. The van der Waals surface area contributed by atoms with E-state index < -0.39 is 46.9 Å². The van der Waals surface area contributed by atoms with Crippen LogP contribution >= 0.6 is 11.8 Å². The first-order valence-electron chi connectivity index (χ1n) is 15.9. The third kappa shape index (κ3) is 8.48. The van der Waals surface area contributed by atoms with Crippen molar-refractivity contribution < 1.29 is 37.0 Å². The van der Waals surface area contributed by atoms with Gasteiger partial charge < -0.3 is 25.0 Å². The van der Waals surface area contributed by atoms with E-state index >= 15 is 8.78 Å². The topological polar surface area (TPSA) is 107 Å². The Bertz CT molecular complexity index is 1780. The second kappa shape index (κ2) is 14.8. The van der Waals surface area contributed by atoms with Crippen LogP contribution in [-0.4, -0.2) is 52.7 Å². The molecule has 0 unspecified atom stereocenters. The van der Waals surface area contributed by atoms with Crippen molar-refractivity contribution >= 4 is 40.9 Å². The SMILES string of the molecule is [C-]#[N+]c1ccc(N2CCC(Sc3c(F)cc(COc4cccc5c4CN([C@@H](CCC(=O)OC(C)(C)C)C(N)=O)C5=O)cc3F)CC2)c(F)c1. The molecular weight excluding hydrogens is 657 g/mol. The molecule has 2 amide bonds. The fourth-order valence-electron chi connectivity index (χ4n) is 5.98. The lowest BCUT2D eigenvalue weighted by Crippen LogP contribution is -2.45. The van der Waals surface area contributed by atoms with Gasteiger partial charge in [0.2, 0.25) is 5.91 Å². The number of rotatable bonds is 11. The Morgan fingerprint density at radius 3 is 2.37 bits per heavy atom. The van der Waals surface area contributed by atoms with Crippen LogP contribution in [-0.2, 0) is 27.5 Å². The number of amides is 2. The van der Waals surface area contributed by atoms with Gasteiger partial charge in [-0.15, -0.1) is 11.8 Å². The highest BCUT2D eigenvalue weighted by Gasteiger charge is 2.37. The highest BCUT2D eigenvalue weighted by molar-refractivity contribution is 8.00. The van der Waals surface area contributed by atoms with Gasteiger partial charge in [0, 0.05) is 35.9 Å². The maximum atomic E-state index is 15.2. The molecule has 258 valence electrons. The molecule has 2 aliphatic rings. The van der Waals surface area contributed by atoms with E-state index in [1.54, 1.807) is 51.1 Å². The molecular formula is C36H37F3N4O5S. The summed E-state index contributed by atoms with van der Waals surface area (Å²) in [6.07, 6.45) is 1.05. The number of hydrogen-bond donors (Lipinski definition) is 1. The number of nitrogens with zero attached hydrogens (tertiary/aromatic N) is 3. The van der Waals surface area contributed by atoms with Crippen molar-refractivity contribution in [1.29, 1.82) is 0 Å². The number of anilines is 1. The number of benzene rings is 3. The van der Waals surface area contributed by atoms with Crippen molar-refractivity contribution in [1.82, 2.24) is 4.90 Å². The summed E-state index contributed by atoms with van der Waals surface area (Å²) in [5, 5.41) is -0.0753. The lowest BCUT2D eigenvalue weighted by Gasteiger charge is -2.33. The normalized spacial score (nSPS) is 15.5. The van der Waals surface area contributed by atoms with Gasteiger partial charge in [0.05, 0.1) is 23.7 Å². The number of esters is 1. The molecule has 0 radical (unpaired) electrons. The Hall–Kier alpha value is -4.70. The minimum Gasteiger partial charge on any atom is -0.489 e. The van der Waals surface area contributed by atoms with Gasteiger partial charge in [0.15, 0.2) is 5.69 Å². The first kappa shape index (κ1) is 35.6. The van der Waals surface area contributed by atoms with Gasteiger partial charge in [-0.3, -0.25) is 14.4 Å². The van der Waals surface area contributed by atoms with Gasteiger partial charge in [-0.1, -0.05) is 12.1 Å². The Morgan fingerprint density at radius 1 is 1.06 bits per heavy atom. The van der Waals surface area contributed by atoms with E-state index in [0.717, 1.165) is 11.8 Å². The predicted octanol–water partition coefficient (Wildman–Crippen LogP) is 6.93. The largest absolute Gasteiger partial charge is 0.489 e. The molecule has 0 saturated carbocycles. The summed E-state index contributed by atoms with van der Waals surface area (Å²) < 4.78 is 56.2. The van der Waals surface area contributed by atoms with E-state index in [4.69, 9.17) is 21.8 Å². The van der Waals surface area contributed by atoms with Crippen molar-refractivity contribution in [2.75, 3.05) is 18.0 Å². The van der Waals surface area contributed by atoms with Gasteiger partial charge in [-0.25, -0.2) is 18.0 Å². The van der Waals surface area contributed by atoms with Crippen LogP contribution in [0, 0.1) is 24.0 Å². The number of thioether (sulfide) groups is 1. The number of fused-ring (bicyclic) bond motifs is 1. The first-order chi connectivity index (χ1) is 23.2. The molecule has 2 aliphatic heterocycles. The van der Waals surface area contributed by atoms with Crippen LogP contribution in [0.3, 0.4) is 0 Å². The van der Waals surface area contributed by atoms with Gasteiger partial charge >= 0.3 is 5.97 Å². The van der Waals surface area contributed by atoms with Crippen LogP contribution in [0.15, 0.2) is 53.4 Å². The van der Waals surface area contributed by atoms with Crippen molar-refractivity contribution in [2.24, 2.45) is 5.73 Å². The number of hydrogen-bond acceptors (Lipinski definition) is 7. The highest BCUT2D eigenvalue weighted by Crippen LogP contribution is 2.37. The Kier molecular flexibility index (Phi) is 10.8. The Morgan fingerprint density at radius 2 is 1.76 bits per heavy atom. The number of carbonyl (C=O) groups excluding carboxylic acids is 3. The van der Waals surface area contributed by atoms with E-state index in [2.05, 4.69) is 4.85 Å². The van der Waals surface area contributed by atoms with Gasteiger partial charge in [0.25, 0.3) is 5.91 Å². The third-order valence-corrected chi connectivity index (χ3v) is 9.71. The van der Waals surface area contributed by atoms with E-state index in [0.29, 0.717) is 48.5 Å². The minimum absolute atomic E-state index is 0.00231. The lowest BCUT2D eigenvalue weighted by molar-refractivity contribution is -0.155. The maximum Gasteiger partial charge on any atom is 0.306 e. The van der Waals surface area contributed by atoms with Crippen molar-refractivity contribution in [3.8, 4) is 5.75 Å². The molecule has 0 bridgehead atoms. The minimum atomic E-state index is -1.06. The molecule has 3 aromatic carbocycles. The molecule has 1 atom stereocenters. The average molecular weight is 695 g/mol. The van der Waals surface area contributed by atoms with E-state index in [1.165, 1.54) is 23.1 Å². The van der Waals surface area contributed by atoms with Crippen molar-refractivity contribution in [2.45, 2.75) is 81.4 Å². The molecule has 5 rings (SSSR count). The van der Waals surface area contributed by atoms with E-state index in [1.807, 2.05) is 4.90 Å². The maximum absolute atomic E-state index is 15.2. The Balaban J connectivity index is 1.20. The summed E-state index contributed by atoms with van der Waals surface area (Å²) in [5.74, 6) is -3.32. The number of nitrogens with two attached hydrogens (primary N) is 1. The number of halogens is 3. The Labute approximate surface area is 287 Å². The van der Waals surface area contributed by atoms with E-state index in [9.17, 15) is 18.8 Å². The van der Waals surface area contributed by atoms with Crippen LogP contribution in [0.1, 0.15) is 67.9 Å². The van der Waals surface area contributed by atoms with Gasteiger partial charge in [0.1, 0.15) is 41.5 Å². The molecule has 2 heterocycles. The quantitative estimate of drug-likeness (QED) is 0.172. The third-order valence-electron chi connectivity index (χ3n) is 8.28. The zero-order valence-corrected chi connectivity index (χ0v) is 28.2. The second-order valence-corrected chi connectivity index (χ2v) is 14.3. The standard InChI is InChI=1S/C36H37F3N4O5S/c1-36(2,3)48-32(44)11-10-30(34(40)45)43-19-25-24(35(43)46)6-5-7-31(25)47-20-21-16-27(38)33(28(39)17-21)49-23-12-14-42(15-13-23)29-9-8-22(41-4)18-26(29)37/h5-9,16-18,23,30H,10-15,19-20H2,1-3H3,(H2,40,45)/t30-/m0/s1. The van der Waals surface area contributed by atoms with Crippen LogP contribution in [0.25, 0.3) is 4.85 Å². The molecule has 13 heteroatoms. The lowest BCUT2D eigenvalue weighted by atomic mass is 10.1. The van der Waals surface area contributed by atoms with Crippen LogP contribution in [0.4, 0.5) is 24.5 Å². The number of primary amides is 1. The molecule has 49 heavy (non-hydrogen) atoms. The fraction of sp³-hybridized carbons (Fsp3) is 0.389. The molecule has 1 fully saturated rings. The molecule has 3 aromatic rings. The molecule has 0 aliphatic carbocycles. The summed E-state index contributed by atoms with van der Waals surface area (Å²) in [6, 6.07) is 10.6. The van der Waals surface area contributed by atoms with Crippen LogP contribution < -0.4 is 15.4 Å². The van der Waals surface area contributed by atoms with Crippen molar-refractivity contribution in [3.05, 3.63) is 94.1 Å². The monoisotopic (exact) mass is 694 g/mol. The summed E-state index contributed by atoms with van der Waals surface area (Å²) in [6.45, 7) is 13.1. The average Bonchev–Trinajstić information content (AvgIpc) is 3.37. The second-order valence-electron chi connectivity index (χ2n) is 13.0. The van der Waals surface area contributed by atoms with Crippen molar-refractivity contribution in [3.63, 3.8) is 0 Å². The molecule has 2 N–H and O–H groups in total. The van der Waals surface area contributed by atoms with Crippen LogP contribution in [0.2, 0.25) is 0 Å². The molecule has 0 aromatic heterocycles. The number of carbonyl (C=O) groups is 3. The summed E-state index contributed by atoms with van der Waals surface area (Å²) in [7, 11) is 0. The van der Waals surface area contributed by atoms with E-state index in [-0.39, 0.29) is 47.4 Å². The van der Waals surface area contributed by atoms with Crippen LogP contribution in [0.5, 0.6) is 5.75 Å². The first-order valence-corrected chi connectivity index (χ1v) is 16.8.